The number of nitrogens with zero attached hydrogens (tertiary/aromatic N) is 2. The number of nitrogens with two attached hydrogens (primary N) is 1. The summed E-state index contributed by atoms with van der Waals surface area (Å²) < 4.78 is 4.55. The number of hydrogen-bond donors (Lipinski definition) is 1. The van der Waals surface area contributed by atoms with Crippen molar-refractivity contribution in [1.82, 2.24) is 4.37 Å². The maximum atomic E-state index is 5.98. The summed E-state index contributed by atoms with van der Waals surface area (Å²) in [5.41, 5.74) is 7.08. The van der Waals surface area contributed by atoms with E-state index in [1.165, 1.54) is 23.2 Å². The van der Waals surface area contributed by atoms with Gasteiger partial charge in [-0.15, -0.1) is 0 Å². The number of piperidine rings is 1. The third-order valence-corrected chi connectivity index (χ3v) is 4.90. The van der Waals surface area contributed by atoms with Gasteiger partial charge < -0.3 is 10.6 Å². The molecule has 2 N–H and O–H groups in total. The van der Waals surface area contributed by atoms with Gasteiger partial charge >= 0.3 is 0 Å². The van der Waals surface area contributed by atoms with Crippen LogP contribution in [0.4, 0.5) is 5.00 Å². The van der Waals surface area contributed by atoms with Crippen molar-refractivity contribution in [3.05, 3.63) is 24.3 Å². The molecule has 0 bridgehead atoms. The third-order valence-electron chi connectivity index (χ3n) is 3.98. The average molecular weight is 261 g/mol. The lowest BCUT2D eigenvalue weighted by Gasteiger charge is -2.40. The molecule has 0 radical (unpaired) electrons. The fourth-order valence-corrected chi connectivity index (χ4v) is 3.89. The van der Waals surface area contributed by atoms with Gasteiger partial charge in [-0.3, -0.25) is 0 Å². The van der Waals surface area contributed by atoms with Crippen LogP contribution < -0.4 is 10.6 Å². The molecule has 1 aliphatic heterocycles. The van der Waals surface area contributed by atoms with Crippen LogP contribution in [0.25, 0.3) is 10.9 Å². The predicted octanol–water partition coefficient (Wildman–Crippen LogP) is 2.86. The molecule has 96 valence electrons. The van der Waals surface area contributed by atoms with Crippen LogP contribution in [0.2, 0.25) is 0 Å². The van der Waals surface area contributed by atoms with Crippen molar-refractivity contribution >= 4 is 27.4 Å². The zero-order valence-electron chi connectivity index (χ0n) is 10.7. The van der Waals surface area contributed by atoms with Crippen LogP contribution in [0.15, 0.2) is 24.3 Å². The van der Waals surface area contributed by atoms with Crippen molar-refractivity contribution in [2.24, 2.45) is 11.7 Å². The summed E-state index contributed by atoms with van der Waals surface area (Å²) >= 11 is 1.61. The summed E-state index contributed by atoms with van der Waals surface area (Å²) in [4.78, 5) is 2.48. The monoisotopic (exact) mass is 261 g/mol. The summed E-state index contributed by atoms with van der Waals surface area (Å²) in [6, 6.07) is 8.85. The molecule has 4 heteroatoms. The van der Waals surface area contributed by atoms with E-state index in [1.807, 2.05) is 6.07 Å². The van der Waals surface area contributed by atoms with E-state index in [2.05, 4.69) is 34.4 Å². The zero-order valence-corrected chi connectivity index (χ0v) is 11.5. The minimum absolute atomic E-state index is 0.461. The number of fused-ring (bicyclic) bond motifs is 1. The average Bonchev–Trinajstić information content (AvgIpc) is 2.82. The van der Waals surface area contributed by atoms with Crippen molar-refractivity contribution < 1.29 is 0 Å². The van der Waals surface area contributed by atoms with Crippen LogP contribution in [0.1, 0.15) is 19.8 Å². The number of hydrogen-bond acceptors (Lipinski definition) is 4. The molecule has 3 nitrogen and oxygen atoms in total. The van der Waals surface area contributed by atoms with E-state index in [1.54, 1.807) is 11.5 Å². The molecule has 2 heterocycles. The highest BCUT2D eigenvalue weighted by Gasteiger charge is 2.29. The molecule has 0 spiro atoms. The summed E-state index contributed by atoms with van der Waals surface area (Å²) in [6.45, 7) is 4.15. The van der Waals surface area contributed by atoms with Crippen molar-refractivity contribution in [3.63, 3.8) is 0 Å². The Morgan fingerprint density at radius 2 is 2.28 bits per heavy atom. The Hall–Kier alpha value is -1.13. The third kappa shape index (κ3) is 1.89. The molecule has 0 saturated carbocycles. The van der Waals surface area contributed by atoms with Crippen molar-refractivity contribution in [2.45, 2.75) is 25.8 Å². The Balaban J connectivity index is 2.02. The molecule has 1 saturated heterocycles. The highest BCUT2D eigenvalue weighted by molar-refractivity contribution is 7.11. The van der Waals surface area contributed by atoms with Crippen LogP contribution in [-0.2, 0) is 0 Å². The van der Waals surface area contributed by atoms with Crippen molar-refractivity contribution in [3.8, 4) is 0 Å². The summed E-state index contributed by atoms with van der Waals surface area (Å²) in [5, 5.41) is 2.57. The van der Waals surface area contributed by atoms with Gasteiger partial charge in [0, 0.05) is 24.5 Å². The quantitative estimate of drug-likeness (QED) is 0.904. The Bertz CT molecular complexity index is 537. The molecular formula is C14H19N3S. The number of benzene rings is 1. The van der Waals surface area contributed by atoms with Crippen LogP contribution in [0, 0.1) is 5.92 Å². The van der Waals surface area contributed by atoms with Gasteiger partial charge in [0.25, 0.3) is 0 Å². The van der Waals surface area contributed by atoms with E-state index >= 15 is 0 Å². The highest BCUT2D eigenvalue weighted by atomic mass is 32.1. The highest BCUT2D eigenvalue weighted by Crippen LogP contribution is 2.36. The summed E-state index contributed by atoms with van der Waals surface area (Å²) in [5.74, 6) is 0.671. The molecule has 2 aromatic rings. The standard InChI is InChI=1S/C14H19N3S/c1-10-5-4-8-17(13(10)9-15)14-11-6-2-3-7-12(11)16-18-14/h2-3,6-7,10,13H,4-5,8-9,15H2,1H3. The van der Waals surface area contributed by atoms with Gasteiger partial charge in [-0.1, -0.05) is 19.1 Å². The van der Waals surface area contributed by atoms with Crippen LogP contribution in [0.3, 0.4) is 0 Å². The van der Waals surface area contributed by atoms with Gasteiger partial charge in [0.2, 0.25) is 0 Å². The molecule has 1 aliphatic rings. The molecular weight excluding hydrogens is 242 g/mol. The minimum atomic E-state index is 0.461. The van der Waals surface area contributed by atoms with Gasteiger partial charge in [0.05, 0.1) is 5.52 Å². The Morgan fingerprint density at radius 3 is 3.11 bits per heavy atom. The number of aromatic nitrogens is 1. The fraction of sp³-hybridized carbons (Fsp3) is 0.500. The SMILES string of the molecule is CC1CCCN(c2snc3ccccc23)C1CN. The predicted molar refractivity (Wildman–Crippen MR) is 78.2 cm³/mol. The molecule has 18 heavy (non-hydrogen) atoms. The van der Waals surface area contributed by atoms with Crippen LogP contribution in [0.5, 0.6) is 0 Å². The van der Waals surface area contributed by atoms with E-state index in [0.717, 1.165) is 18.6 Å². The maximum absolute atomic E-state index is 5.98. The fourth-order valence-electron chi connectivity index (χ4n) is 2.94. The molecule has 1 fully saturated rings. The molecule has 2 atom stereocenters. The lowest BCUT2D eigenvalue weighted by atomic mass is 9.91. The first kappa shape index (κ1) is 11.9. The van der Waals surface area contributed by atoms with E-state index in [0.29, 0.717) is 12.0 Å². The molecule has 2 unspecified atom stereocenters. The molecule has 0 aliphatic carbocycles. The molecule has 1 aromatic carbocycles. The molecule has 1 aromatic heterocycles. The second kappa shape index (κ2) is 4.86. The summed E-state index contributed by atoms with van der Waals surface area (Å²) in [7, 11) is 0. The first-order valence-electron chi connectivity index (χ1n) is 6.62. The number of anilines is 1. The van der Waals surface area contributed by atoms with E-state index in [9.17, 15) is 0 Å². The second-order valence-corrected chi connectivity index (χ2v) is 5.87. The Labute approximate surface area is 112 Å². The lowest BCUT2D eigenvalue weighted by Crippen LogP contribution is -2.48. The Kier molecular flexibility index (Phi) is 3.22. The van der Waals surface area contributed by atoms with Crippen molar-refractivity contribution in [2.75, 3.05) is 18.0 Å². The van der Waals surface area contributed by atoms with E-state index in [-0.39, 0.29) is 0 Å². The van der Waals surface area contributed by atoms with Crippen LogP contribution >= 0.6 is 11.5 Å². The van der Waals surface area contributed by atoms with Crippen molar-refractivity contribution in [1.29, 1.82) is 0 Å². The maximum Gasteiger partial charge on any atom is 0.120 e. The number of rotatable bonds is 2. The molecule has 3 rings (SSSR count). The van der Waals surface area contributed by atoms with Gasteiger partial charge in [-0.25, -0.2) is 0 Å². The van der Waals surface area contributed by atoms with Crippen LogP contribution in [-0.4, -0.2) is 23.5 Å². The minimum Gasteiger partial charge on any atom is -0.357 e. The largest absolute Gasteiger partial charge is 0.357 e. The summed E-state index contributed by atoms with van der Waals surface area (Å²) in [6.07, 6.45) is 2.54. The van der Waals surface area contributed by atoms with Gasteiger partial charge in [-0.05, 0) is 42.4 Å². The van der Waals surface area contributed by atoms with E-state index < -0.39 is 0 Å². The first-order valence-corrected chi connectivity index (χ1v) is 7.39. The lowest BCUT2D eigenvalue weighted by molar-refractivity contribution is 0.352. The van der Waals surface area contributed by atoms with Gasteiger partial charge in [0.15, 0.2) is 0 Å². The second-order valence-electron chi connectivity index (χ2n) is 5.12. The topological polar surface area (TPSA) is 42.2 Å². The molecule has 0 amide bonds. The Morgan fingerprint density at radius 1 is 1.44 bits per heavy atom. The first-order chi connectivity index (χ1) is 8.81. The van der Waals surface area contributed by atoms with Gasteiger partial charge in [0.1, 0.15) is 5.00 Å². The van der Waals surface area contributed by atoms with Gasteiger partial charge in [-0.2, -0.15) is 4.37 Å². The zero-order chi connectivity index (χ0) is 12.5. The normalized spacial score (nSPS) is 24.7. The van der Waals surface area contributed by atoms with E-state index in [4.69, 9.17) is 5.73 Å². The smallest absolute Gasteiger partial charge is 0.120 e.